The third-order valence-corrected chi connectivity index (χ3v) is 4.57. The van der Waals surface area contributed by atoms with Crippen LogP contribution in [0.15, 0.2) is 34.8 Å². The second-order valence-electron chi connectivity index (χ2n) is 4.15. The number of benzene rings is 2. The molecule has 0 radical (unpaired) electrons. The molecule has 2 aromatic carbocycles. The second-order valence-corrected chi connectivity index (χ2v) is 5.79. The first-order valence-electron chi connectivity index (χ1n) is 5.71. The summed E-state index contributed by atoms with van der Waals surface area (Å²) in [5, 5.41) is 3.64. The molecule has 0 bridgehead atoms. The fraction of sp³-hybridized carbons (Fsp3) is 0.143. The zero-order valence-electron chi connectivity index (χ0n) is 10.4. The molecule has 0 spiro atoms. The fourth-order valence-corrected chi connectivity index (χ4v) is 2.86. The van der Waals surface area contributed by atoms with Gasteiger partial charge in [-0.1, -0.05) is 35.3 Å². The van der Waals surface area contributed by atoms with Gasteiger partial charge < -0.3 is 5.32 Å². The van der Waals surface area contributed by atoms with E-state index in [1.165, 1.54) is 0 Å². The molecule has 6 heteroatoms. The summed E-state index contributed by atoms with van der Waals surface area (Å²) >= 11 is 15.6. The summed E-state index contributed by atoms with van der Waals surface area (Å²) in [5.74, 6) is -1.93. The standard InChI is InChI=1S/C14H10BrCl2F2N/c1-20-14(7-3-2-4-9(15)13(7)17)8-5-11(18)12(19)6-10(8)16/h2-6,14,20H,1H3. The van der Waals surface area contributed by atoms with Crippen molar-refractivity contribution >= 4 is 39.1 Å². The zero-order valence-corrected chi connectivity index (χ0v) is 13.5. The van der Waals surface area contributed by atoms with Crippen LogP contribution in [-0.2, 0) is 0 Å². The Labute approximate surface area is 134 Å². The summed E-state index contributed by atoms with van der Waals surface area (Å²) in [7, 11) is 1.69. The summed E-state index contributed by atoms with van der Waals surface area (Å²) in [5.41, 5.74) is 1.14. The molecule has 0 saturated heterocycles. The van der Waals surface area contributed by atoms with Crippen molar-refractivity contribution in [1.82, 2.24) is 5.32 Å². The van der Waals surface area contributed by atoms with E-state index in [1.54, 1.807) is 19.2 Å². The maximum atomic E-state index is 13.4. The summed E-state index contributed by atoms with van der Waals surface area (Å²) in [4.78, 5) is 0. The first-order valence-corrected chi connectivity index (χ1v) is 7.26. The highest BCUT2D eigenvalue weighted by Gasteiger charge is 2.21. The average Bonchev–Trinajstić information content (AvgIpc) is 2.41. The van der Waals surface area contributed by atoms with Crippen molar-refractivity contribution in [3.63, 3.8) is 0 Å². The van der Waals surface area contributed by atoms with E-state index in [2.05, 4.69) is 21.2 Å². The molecule has 0 aliphatic heterocycles. The minimum Gasteiger partial charge on any atom is -0.309 e. The molecule has 2 rings (SSSR count). The average molecular weight is 381 g/mol. The van der Waals surface area contributed by atoms with Crippen molar-refractivity contribution in [2.24, 2.45) is 0 Å². The van der Waals surface area contributed by atoms with Gasteiger partial charge in [-0.25, -0.2) is 8.78 Å². The maximum Gasteiger partial charge on any atom is 0.160 e. The van der Waals surface area contributed by atoms with E-state index in [-0.39, 0.29) is 5.02 Å². The Morgan fingerprint density at radius 1 is 1.10 bits per heavy atom. The van der Waals surface area contributed by atoms with E-state index < -0.39 is 17.7 Å². The Balaban J connectivity index is 2.58. The van der Waals surface area contributed by atoms with Crippen LogP contribution in [0.4, 0.5) is 8.78 Å². The Morgan fingerprint density at radius 2 is 1.75 bits per heavy atom. The van der Waals surface area contributed by atoms with Gasteiger partial charge in [0.2, 0.25) is 0 Å². The van der Waals surface area contributed by atoms with Gasteiger partial charge in [-0.3, -0.25) is 0 Å². The van der Waals surface area contributed by atoms with Crippen LogP contribution < -0.4 is 5.32 Å². The summed E-state index contributed by atoms with van der Waals surface area (Å²) in [6.07, 6.45) is 0. The number of nitrogens with one attached hydrogen (secondary N) is 1. The van der Waals surface area contributed by atoms with Crippen molar-refractivity contribution in [2.45, 2.75) is 6.04 Å². The predicted octanol–water partition coefficient (Wildman–Crippen LogP) is 5.34. The zero-order chi connectivity index (χ0) is 14.9. The molecule has 20 heavy (non-hydrogen) atoms. The van der Waals surface area contributed by atoms with Gasteiger partial charge in [-0.15, -0.1) is 0 Å². The van der Waals surface area contributed by atoms with Crippen molar-refractivity contribution in [3.05, 3.63) is 67.6 Å². The SMILES string of the molecule is CNC(c1cc(F)c(F)cc1Cl)c1cccc(Br)c1Cl. The van der Waals surface area contributed by atoms with E-state index >= 15 is 0 Å². The van der Waals surface area contributed by atoms with Crippen LogP contribution >= 0.6 is 39.1 Å². The van der Waals surface area contributed by atoms with Crippen LogP contribution in [0.5, 0.6) is 0 Å². The number of hydrogen-bond acceptors (Lipinski definition) is 1. The first-order chi connectivity index (χ1) is 9.45. The molecule has 106 valence electrons. The van der Waals surface area contributed by atoms with Gasteiger partial charge in [0, 0.05) is 9.50 Å². The highest BCUT2D eigenvalue weighted by Crippen LogP contribution is 2.36. The fourth-order valence-electron chi connectivity index (χ4n) is 1.98. The Hall–Kier alpha value is -0.680. The lowest BCUT2D eigenvalue weighted by atomic mass is 9.98. The Bertz CT molecular complexity index is 649. The summed E-state index contributed by atoms with van der Waals surface area (Å²) in [6.45, 7) is 0. The molecule has 0 aliphatic carbocycles. The topological polar surface area (TPSA) is 12.0 Å². The van der Waals surface area contributed by atoms with Gasteiger partial charge in [0.25, 0.3) is 0 Å². The van der Waals surface area contributed by atoms with Gasteiger partial charge in [-0.05, 0) is 52.3 Å². The van der Waals surface area contributed by atoms with Gasteiger partial charge in [0.15, 0.2) is 11.6 Å². The molecule has 1 unspecified atom stereocenters. The summed E-state index contributed by atoms with van der Waals surface area (Å²) < 4.78 is 27.3. The normalized spacial score (nSPS) is 12.5. The predicted molar refractivity (Wildman–Crippen MR) is 81.4 cm³/mol. The largest absolute Gasteiger partial charge is 0.309 e. The Kier molecular flexibility index (Phi) is 5.02. The van der Waals surface area contributed by atoms with E-state index in [9.17, 15) is 8.78 Å². The molecule has 1 N–H and O–H groups in total. The minimum atomic E-state index is -0.978. The quantitative estimate of drug-likeness (QED) is 0.708. The monoisotopic (exact) mass is 379 g/mol. The molecule has 0 heterocycles. The van der Waals surface area contributed by atoms with Crippen molar-refractivity contribution < 1.29 is 8.78 Å². The molecule has 1 nitrogen and oxygen atoms in total. The van der Waals surface area contributed by atoms with Gasteiger partial charge >= 0.3 is 0 Å². The minimum absolute atomic E-state index is 0.138. The van der Waals surface area contributed by atoms with Crippen molar-refractivity contribution in [1.29, 1.82) is 0 Å². The number of rotatable bonds is 3. The van der Waals surface area contributed by atoms with E-state index in [1.807, 2.05) is 6.07 Å². The van der Waals surface area contributed by atoms with E-state index in [0.29, 0.717) is 10.6 Å². The highest BCUT2D eigenvalue weighted by molar-refractivity contribution is 9.10. The number of halogens is 5. The molecule has 2 aromatic rings. The third kappa shape index (κ3) is 2.98. The lowest BCUT2D eigenvalue weighted by molar-refractivity contribution is 0.505. The van der Waals surface area contributed by atoms with Crippen molar-refractivity contribution in [3.8, 4) is 0 Å². The molecule has 0 aliphatic rings. The lowest BCUT2D eigenvalue weighted by Gasteiger charge is -2.20. The molecule has 0 aromatic heterocycles. The highest BCUT2D eigenvalue weighted by atomic mass is 79.9. The molecule has 0 saturated carbocycles. The molecule has 0 amide bonds. The van der Waals surface area contributed by atoms with E-state index in [4.69, 9.17) is 23.2 Å². The lowest BCUT2D eigenvalue weighted by Crippen LogP contribution is -2.19. The Morgan fingerprint density at radius 3 is 2.40 bits per heavy atom. The van der Waals surface area contributed by atoms with Crippen LogP contribution in [0.3, 0.4) is 0 Å². The first kappa shape index (κ1) is 15.7. The van der Waals surface area contributed by atoms with E-state index in [0.717, 1.165) is 22.2 Å². The smallest absolute Gasteiger partial charge is 0.160 e. The van der Waals surface area contributed by atoms with Crippen LogP contribution in [0.1, 0.15) is 17.2 Å². The maximum absolute atomic E-state index is 13.4. The molecular weight excluding hydrogens is 371 g/mol. The summed E-state index contributed by atoms with van der Waals surface area (Å²) in [6, 6.07) is 7.00. The van der Waals surface area contributed by atoms with Crippen molar-refractivity contribution in [2.75, 3.05) is 7.05 Å². The van der Waals surface area contributed by atoms with Crippen LogP contribution in [0.25, 0.3) is 0 Å². The third-order valence-electron chi connectivity index (χ3n) is 2.93. The molecule has 1 atom stereocenters. The molecule has 0 fully saturated rings. The van der Waals surface area contributed by atoms with Gasteiger partial charge in [-0.2, -0.15) is 0 Å². The van der Waals surface area contributed by atoms with Crippen LogP contribution in [0.2, 0.25) is 10.0 Å². The second kappa shape index (κ2) is 6.39. The van der Waals surface area contributed by atoms with Gasteiger partial charge in [0.05, 0.1) is 11.1 Å². The molecular formula is C14H10BrCl2F2N. The van der Waals surface area contributed by atoms with Gasteiger partial charge in [0.1, 0.15) is 0 Å². The number of hydrogen-bond donors (Lipinski definition) is 1. The van der Waals surface area contributed by atoms with Crippen LogP contribution in [0, 0.1) is 11.6 Å². The van der Waals surface area contributed by atoms with Crippen LogP contribution in [-0.4, -0.2) is 7.05 Å².